The van der Waals surface area contributed by atoms with Gasteiger partial charge in [-0.25, -0.2) is 9.78 Å². The van der Waals surface area contributed by atoms with Crippen molar-refractivity contribution < 1.29 is 14.4 Å². The number of pyridine rings is 1. The Morgan fingerprint density at radius 1 is 1.33 bits per heavy atom. The number of likely N-dealkylation sites (N-methyl/N-ethyl adjacent to an activating group) is 2. The molecule has 0 bridgehead atoms. The summed E-state index contributed by atoms with van der Waals surface area (Å²) in [5.41, 5.74) is 2.74. The molecule has 0 unspecified atom stereocenters. The number of nitrogens with one attached hydrogen (secondary N) is 1. The molecule has 0 aliphatic carbocycles. The summed E-state index contributed by atoms with van der Waals surface area (Å²) in [7, 11) is 2.98. The van der Waals surface area contributed by atoms with E-state index in [1.54, 1.807) is 24.3 Å². The predicted molar refractivity (Wildman–Crippen MR) is 95.3 cm³/mol. The van der Waals surface area contributed by atoms with Gasteiger partial charge in [0, 0.05) is 45.0 Å². The number of amides is 4. The van der Waals surface area contributed by atoms with Crippen LogP contribution in [0.4, 0.5) is 4.79 Å². The molecule has 9 nitrogen and oxygen atoms in total. The summed E-state index contributed by atoms with van der Waals surface area (Å²) in [6, 6.07) is 2.66. The second-order valence-corrected chi connectivity index (χ2v) is 6.83. The third-order valence-electron chi connectivity index (χ3n) is 5.16. The molecule has 1 atom stereocenters. The molecular weight excluding hydrogens is 348 g/mol. The van der Waals surface area contributed by atoms with Crippen molar-refractivity contribution in [2.45, 2.75) is 25.4 Å². The Morgan fingerprint density at radius 2 is 2.15 bits per heavy atom. The molecular formula is C18H20N6O3. The molecule has 9 heteroatoms. The predicted octanol–water partition coefficient (Wildman–Crippen LogP) is 0.639. The van der Waals surface area contributed by atoms with Gasteiger partial charge in [0.25, 0.3) is 5.91 Å². The Hall–Kier alpha value is -3.23. The maximum Gasteiger partial charge on any atom is 0.326 e. The van der Waals surface area contributed by atoms with Gasteiger partial charge < -0.3 is 14.8 Å². The second-order valence-electron chi connectivity index (χ2n) is 6.83. The van der Waals surface area contributed by atoms with E-state index in [-0.39, 0.29) is 24.3 Å². The first kappa shape index (κ1) is 17.2. The van der Waals surface area contributed by atoms with Crippen LogP contribution in [0.1, 0.15) is 17.8 Å². The molecule has 1 fully saturated rings. The van der Waals surface area contributed by atoms with Crippen molar-refractivity contribution in [3.63, 3.8) is 0 Å². The van der Waals surface area contributed by atoms with Gasteiger partial charge in [0.05, 0.1) is 24.4 Å². The quantitative estimate of drug-likeness (QED) is 0.801. The van der Waals surface area contributed by atoms with Gasteiger partial charge in [-0.3, -0.25) is 19.5 Å². The molecule has 0 saturated carbocycles. The summed E-state index contributed by atoms with van der Waals surface area (Å²) in [6.45, 7) is 0.952. The van der Waals surface area contributed by atoms with E-state index in [1.165, 1.54) is 11.9 Å². The van der Waals surface area contributed by atoms with Crippen LogP contribution in [0.15, 0.2) is 24.5 Å². The number of carbonyl (C=O) groups excluding carboxylic acids is 3. The van der Waals surface area contributed by atoms with E-state index < -0.39 is 6.04 Å². The zero-order valence-corrected chi connectivity index (χ0v) is 15.2. The van der Waals surface area contributed by atoms with Gasteiger partial charge in [0.2, 0.25) is 5.91 Å². The number of hydrogen-bond donors (Lipinski definition) is 1. The van der Waals surface area contributed by atoms with E-state index >= 15 is 0 Å². The molecule has 0 radical (unpaired) electrons. The lowest BCUT2D eigenvalue weighted by molar-refractivity contribution is -0.137. The van der Waals surface area contributed by atoms with E-state index in [0.29, 0.717) is 19.5 Å². The van der Waals surface area contributed by atoms with Crippen molar-refractivity contribution in [2.24, 2.45) is 0 Å². The number of imidazole rings is 1. The summed E-state index contributed by atoms with van der Waals surface area (Å²) < 4.78 is 0. The third-order valence-corrected chi connectivity index (χ3v) is 5.16. The Labute approximate surface area is 156 Å². The van der Waals surface area contributed by atoms with E-state index in [2.05, 4.69) is 15.0 Å². The number of fused-ring (bicyclic) bond motifs is 1. The molecule has 1 N–H and O–H groups in total. The first-order valence-corrected chi connectivity index (χ1v) is 8.76. The Bertz CT molecular complexity index is 909. The zero-order chi connectivity index (χ0) is 19.1. The molecule has 2 aliphatic rings. The van der Waals surface area contributed by atoms with Crippen LogP contribution in [0.25, 0.3) is 11.4 Å². The highest BCUT2D eigenvalue weighted by atomic mass is 16.2. The van der Waals surface area contributed by atoms with Gasteiger partial charge in [0.1, 0.15) is 11.9 Å². The highest BCUT2D eigenvalue weighted by molar-refractivity contribution is 6.05. The standard InChI is InChI=1S/C18H20N6O3/c1-22-14(17(26)23(2)18(22)27)8-15(25)24-7-5-12-13(10-24)21-16(20-12)11-4-3-6-19-9-11/h3-4,6,9,14H,5,7-8,10H2,1-2H3,(H,20,21)/t14-/m1/s1. The number of urea groups is 1. The minimum atomic E-state index is -0.732. The van der Waals surface area contributed by atoms with Gasteiger partial charge in [-0.1, -0.05) is 0 Å². The minimum absolute atomic E-state index is 0.00958. The number of H-pyrrole nitrogens is 1. The summed E-state index contributed by atoms with van der Waals surface area (Å²) in [5.74, 6) is 0.251. The second kappa shape index (κ2) is 6.49. The minimum Gasteiger partial charge on any atom is -0.340 e. The number of aromatic nitrogens is 3. The van der Waals surface area contributed by atoms with Gasteiger partial charge in [-0.05, 0) is 12.1 Å². The van der Waals surface area contributed by atoms with E-state index in [4.69, 9.17) is 0 Å². The summed E-state index contributed by atoms with van der Waals surface area (Å²) >= 11 is 0. The topological polar surface area (TPSA) is 102 Å². The summed E-state index contributed by atoms with van der Waals surface area (Å²) in [4.78, 5) is 52.8. The van der Waals surface area contributed by atoms with E-state index in [9.17, 15) is 14.4 Å². The molecule has 4 heterocycles. The molecule has 140 valence electrons. The number of nitrogens with zero attached hydrogens (tertiary/aromatic N) is 5. The summed E-state index contributed by atoms with van der Waals surface area (Å²) in [6.07, 6.45) is 4.08. The number of rotatable bonds is 3. The number of carbonyl (C=O) groups is 3. The third kappa shape index (κ3) is 2.94. The lowest BCUT2D eigenvalue weighted by atomic mass is 10.1. The molecule has 2 aliphatic heterocycles. The largest absolute Gasteiger partial charge is 0.340 e. The molecule has 27 heavy (non-hydrogen) atoms. The molecule has 2 aromatic rings. The summed E-state index contributed by atoms with van der Waals surface area (Å²) in [5, 5.41) is 0. The average molecular weight is 368 g/mol. The molecule has 4 rings (SSSR count). The van der Waals surface area contributed by atoms with E-state index in [1.807, 2.05) is 12.1 Å². The van der Waals surface area contributed by atoms with Crippen molar-refractivity contribution in [3.05, 3.63) is 35.9 Å². The Balaban J connectivity index is 1.47. The lowest BCUT2D eigenvalue weighted by Gasteiger charge is -2.27. The van der Waals surface area contributed by atoms with E-state index in [0.717, 1.165) is 27.7 Å². The van der Waals surface area contributed by atoms with Crippen LogP contribution in [-0.2, 0) is 22.6 Å². The highest BCUT2D eigenvalue weighted by Crippen LogP contribution is 2.24. The van der Waals surface area contributed by atoms with Gasteiger partial charge in [-0.2, -0.15) is 0 Å². The number of imide groups is 1. The van der Waals surface area contributed by atoms with Crippen LogP contribution < -0.4 is 0 Å². The fourth-order valence-corrected chi connectivity index (χ4v) is 3.52. The lowest BCUT2D eigenvalue weighted by Crippen LogP contribution is -2.41. The zero-order valence-electron chi connectivity index (χ0n) is 15.2. The molecule has 1 saturated heterocycles. The first-order valence-electron chi connectivity index (χ1n) is 8.76. The smallest absolute Gasteiger partial charge is 0.326 e. The van der Waals surface area contributed by atoms with Gasteiger partial charge in [0.15, 0.2) is 0 Å². The van der Waals surface area contributed by atoms with Gasteiger partial charge >= 0.3 is 6.03 Å². The van der Waals surface area contributed by atoms with Crippen molar-refractivity contribution in [1.29, 1.82) is 0 Å². The van der Waals surface area contributed by atoms with Crippen LogP contribution in [-0.4, -0.2) is 74.2 Å². The average Bonchev–Trinajstić information content (AvgIpc) is 3.20. The van der Waals surface area contributed by atoms with Crippen molar-refractivity contribution in [1.82, 2.24) is 29.7 Å². The molecule has 0 aromatic carbocycles. The van der Waals surface area contributed by atoms with Gasteiger partial charge in [-0.15, -0.1) is 0 Å². The SMILES string of the molecule is CN1C(=O)[C@@H](CC(=O)N2CCc3nc(-c4cccnc4)[nH]c3C2)N(C)C1=O. The van der Waals surface area contributed by atoms with Crippen molar-refractivity contribution in [2.75, 3.05) is 20.6 Å². The maximum absolute atomic E-state index is 12.7. The monoisotopic (exact) mass is 368 g/mol. The fraction of sp³-hybridized carbons (Fsp3) is 0.389. The molecule has 0 spiro atoms. The molecule has 2 aromatic heterocycles. The van der Waals surface area contributed by atoms with Crippen LogP contribution in [0.5, 0.6) is 0 Å². The van der Waals surface area contributed by atoms with Crippen LogP contribution in [0, 0.1) is 0 Å². The van der Waals surface area contributed by atoms with Crippen LogP contribution >= 0.6 is 0 Å². The number of hydrogen-bond acceptors (Lipinski definition) is 5. The first-order chi connectivity index (χ1) is 13.0. The fourth-order valence-electron chi connectivity index (χ4n) is 3.52. The van der Waals surface area contributed by atoms with Crippen LogP contribution in [0.2, 0.25) is 0 Å². The normalized spacial score (nSPS) is 19.6. The Morgan fingerprint density at radius 3 is 2.81 bits per heavy atom. The number of aromatic amines is 1. The van der Waals surface area contributed by atoms with Crippen molar-refractivity contribution >= 4 is 17.8 Å². The Kier molecular flexibility index (Phi) is 4.14. The van der Waals surface area contributed by atoms with Crippen LogP contribution in [0.3, 0.4) is 0 Å². The maximum atomic E-state index is 12.7. The molecule has 4 amide bonds. The highest BCUT2D eigenvalue weighted by Gasteiger charge is 2.42. The van der Waals surface area contributed by atoms with Crippen molar-refractivity contribution in [3.8, 4) is 11.4 Å².